The lowest BCUT2D eigenvalue weighted by atomic mass is 10.1. The first kappa shape index (κ1) is 17.2. The van der Waals surface area contributed by atoms with Crippen LogP contribution in [0.1, 0.15) is 25.8 Å². The van der Waals surface area contributed by atoms with Crippen molar-refractivity contribution < 1.29 is 23.2 Å². The molecule has 0 heterocycles. The molecule has 0 aromatic heterocycles. The molecule has 1 aromatic rings. The van der Waals surface area contributed by atoms with E-state index in [1.807, 2.05) is 0 Å². The number of rotatable bonds is 6. The van der Waals surface area contributed by atoms with Gasteiger partial charge in [0.2, 0.25) is 0 Å². The van der Waals surface area contributed by atoms with Crippen molar-refractivity contribution in [3.63, 3.8) is 0 Å². The van der Waals surface area contributed by atoms with Gasteiger partial charge < -0.3 is 10.0 Å². The minimum Gasteiger partial charge on any atom is -0.396 e. The summed E-state index contributed by atoms with van der Waals surface area (Å²) < 4.78 is 39.4. The van der Waals surface area contributed by atoms with E-state index < -0.39 is 22.4 Å². The number of non-ortho nitro benzene ring substituents is 1. The molecule has 1 rings (SSSR count). The second-order valence-electron chi connectivity index (χ2n) is 4.82. The summed E-state index contributed by atoms with van der Waals surface area (Å²) in [5.74, 6) is 0. The molecule has 21 heavy (non-hydrogen) atoms. The Labute approximate surface area is 120 Å². The number of aliphatic hydroxyl groups is 1. The van der Waals surface area contributed by atoms with Gasteiger partial charge in [-0.05, 0) is 26.3 Å². The van der Waals surface area contributed by atoms with Gasteiger partial charge in [0.05, 0.1) is 10.5 Å². The van der Waals surface area contributed by atoms with Gasteiger partial charge in [-0.15, -0.1) is 0 Å². The van der Waals surface area contributed by atoms with Crippen LogP contribution >= 0.6 is 0 Å². The molecule has 8 heteroatoms. The maximum Gasteiger partial charge on any atom is 0.418 e. The van der Waals surface area contributed by atoms with Gasteiger partial charge in [0, 0.05) is 37.0 Å². The van der Waals surface area contributed by atoms with Crippen molar-refractivity contribution in [2.24, 2.45) is 0 Å². The Morgan fingerprint density at radius 3 is 2.43 bits per heavy atom. The number of nitro groups is 1. The maximum atomic E-state index is 13.1. The summed E-state index contributed by atoms with van der Waals surface area (Å²) >= 11 is 0. The molecule has 0 saturated heterocycles. The third kappa shape index (κ3) is 4.32. The van der Waals surface area contributed by atoms with Crippen LogP contribution < -0.4 is 4.90 Å². The van der Waals surface area contributed by atoms with Gasteiger partial charge >= 0.3 is 6.18 Å². The van der Waals surface area contributed by atoms with Gasteiger partial charge in [0.1, 0.15) is 0 Å². The predicted molar refractivity (Wildman–Crippen MR) is 72.3 cm³/mol. The second-order valence-corrected chi connectivity index (χ2v) is 4.82. The topological polar surface area (TPSA) is 66.6 Å². The number of alkyl halides is 3. The van der Waals surface area contributed by atoms with E-state index in [4.69, 9.17) is 5.11 Å². The van der Waals surface area contributed by atoms with Crippen molar-refractivity contribution in [3.05, 3.63) is 33.9 Å². The number of nitro benzene ring substituents is 1. The molecule has 0 aliphatic rings. The molecule has 0 aliphatic heterocycles. The highest BCUT2D eigenvalue weighted by molar-refractivity contribution is 5.59. The Morgan fingerprint density at radius 2 is 2.00 bits per heavy atom. The summed E-state index contributed by atoms with van der Waals surface area (Å²) in [4.78, 5) is 11.3. The van der Waals surface area contributed by atoms with Crippen LogP contribution in [0.25, 0.3) is 0 Å². The normalized spacial score (nSPS) is 11.8. The van der Waals surface area contributed by atoms with Crippen LogP contribution in [0.4, 0.5) is 24.5 Å². The SMILES string of the molecule is CC(C)N(CCCO)c1ccc([N+](=O)[O-])cc1C(F)(F)F. The Kier molecular flexibility index (Phi) is 5.54. The van der Waals surface area contributed by atoms with Crippen LogP contribution in [-0.2, 0) is 6.18 Å². The van der Waals surface area contributed by atoms with Gasteiger partial charge in [-0.1, -0.05) is 0 Å². The van der Waals surface area contributed by atoms with E-state index in [9.17, 15) is 23.3 Å². The van der Waals surface area contributed by atoms with Crippen LogP contribution in [0.15, 0.2) is 18.2 Å². The first-order chi connectivity index (χ1) is 9.68. The number of halogens is 3. The molecule has 118 valence electrons. The maximum absolute atomic E-state index is 13.1. The van der Waals surface area contributed by atoms with Crippen molar-refractivity contribution in [2.45, 2.75) is 32.5 Å². The monoisotopic (exact) mass is 306 g/mol. The lowest BCUT2D eigenvalue weighted by Crippen LogP contribution is -2.34. The fourth-order valence-corrected chi connectivity index (χ4v) is 2.01. The fourth-order valence-electron chi connectivity index (χ4n) is 2.01. The van der Waals surface area contributed by atoms with Crippen LogP contribution in [-0.4, -0.2) is 29.2 Å². The molecule has 0 spiro atoms. The first-order valence-corrected chi connectivity index (χ1v) is 6.41. The van der Waals surface area contributed by atoms with Gasteiger partial charge in [0.25, 0.3) is 5.69 Å². The smallest absolute Gasteiger partial charge is 0.396 e. The first-order valence-electron chi connectivity index (χ1n) is 6.41. The predicted octanol–water partition coefficient (Wildman–Crippen LogP) is 3.21. The van der Waals surface area contributed by atoms with Crippen molar-refractivity contribution in [1.29, 1.82) is 0 Å². The molecule has 0 amide bonds. The number of hydrogen-bond donors (Lipinski definition) is 1. The van der Waals surface area contributed by atoms with E-state index in [2.05, 4.69) is 0 Å². The van der Waals surface area contributed by atoms with Crippen molar-refractivity contribution in [1.82, 2.24) is 0 Å². The van der Waals surface area contributed by atoms with E-state index in [1.165, 1.54) is 4.90 Å². The fraction of sp³-hybridized carbons (Fsp3) is 0.538. The zero-order valence-corrected chi connectivity index (χ0v) is 11.7. The highest BCUT2D eigenvalue weighted by atomic mass is 19.4. The minimum absolute atomic E-state index is 0.114. The Balaban J connectivity index is 3.35. The summed E-state index contributed by atoms with van der Waals surface area (Å²) in [7, 11) is 0. The largest absolute Gasteiger partial charge is 0.418 e. The number of hydrogen-bond acceptors (Lipinski definition) is 4. The average molecular weight is 306 g/mol. The molecular weight excluding hydrogens is 289 g/mol. The summed E-state index contributed by atoms with van der Waals surface area (Å²) in [5, 5.41) is 19.5. The molecule has 0 saturated carbocycles. The quantitative estimate of drug-likeness (QED) is 0.647. The van der Waals surface area contributed by atoms with E-state index in [1.54, 1.807) is 13.8 Å². The molecule has 0 bridgehead atoms. The summed E-state index contributed by atoms with van der Waals surface area (Å²) in [6.45, 7) is 3.53. The molecule has 0 atom stereocenters. The molecule has 0 aliphatic carbocycles. The molecule has 1 N–H and O–H groups in total. The number of anilines is 1. The van der Waals surface area contributed by atoms with Crippen LogP contribution in [0, 0.1) is 10.1 Å². The van der Waals surface area contributed by atoms with Gasteiger partial charge in [-0.25, -0.2) is 0 Å². The minimum atomic E-state index is -4.69. The average Bonchev–Trinajstić information content (AvgIpc) is 2.37. The van der Waals surface area contributed by atoms with E-state index in [-0.39, 0.29) is 24.9 Å². The van der Waals surface area contributed by atoms with Crippen LogP contribution in [0.3, 0.4) is 0 Å². The standard InChI is InChI=1S/C13H17F3N2O3/c1-9(2)17(6-3-7-19)12-5-4-10(18(20)21)8-11(12)13(14,15)16/h4-5,8-9,19H,3,6-7H2,1-2H3. The van der Waals surface area contributed by atoms with Crippen LogP contribution in [0.2, 0.25) is 0 Å². The zero-order chi connectivity index (χ0) is 16.2. The molecule has 5 nitrogen and oxygen atoms in total. The highest BCUT2D eigenvalue weighted by Crippen LogP contribution is 2.39. The van der Waals surface area contributed by atoms with Crippen LogP contribution in [0.5, 0.6) is 0 Å². The lowest BCUT2D eigenvalue weighted by Gasteiger charge is -2.31. The molecule has 0 unspecified atom stereocenters. The molecular formula is C13H17F3N2O3. The second kappa shape index (κ2) is 6.75. The lowest BCUT2D eigenvalue weighted by molar-refractivity contribution is -0.385. The number of nitrogens with zero attached hydrogens (tertiary/aromatic N) is 2. The van der Waals surface area contributed by atoms with Crippen molar-refractivity contribution in [2.75, 3.05) is 18.1 Å². The zero-order valence-electron chi connectivity index (χ0n) is 11.7. The number of benzene rings is 1. The molecule has 0 fully saturated rings. The Morgan fingerprint density at radius 1 is 1.38 bits per heavy atom. The summed E-state index contributed by atoms with van der Waals surface area (Å²) in [6, 6.07) is 2.47. The van der Waals surface area contributed by atoms with Gasteiger partial charge in [-0.2, -0.15) is 13.2 Å². The van der Waals surface area contributed by atoms with E-state index >= 15 is 0 Å². The summed E-state index contributed by atoms with van der Waals surface area (Å²) in [6.07, 6.45) is -4.37. The van der Waals surface area contributed by atoms with Crippen molar-refractivity contribution >= 4 is 11.4 Å². The van der Waals surface area contributed by atoms with Gasteiger partial charge in [0.15, 0.2) is 0 Å². The Hall–Kier alpha value is -1.83. The van der Waals surface area contributed by atoms with Gasteiger partial charge in [-0.3, -0.25) is 10.1 Å². The molecule has 1 aromatic carbocycles. The number of aliphatic hydroxyl groups excluding tert-OH is 1. The van der Waals surface area contributed by atoms with E-state index in [0.717, 1.165) is 12.1 Å². The van der Waals surface area contributed by atoms with E-state index in [0.29, 0.717) is 12.5 Å². The third-order valence-corrected chi connectivity index (χ3v) is 2.99. The third-order valence-electron chi connectivity index (χ3n) is 2.99. The Bertz CT molecular complexity index is 504. The van der Waals surface area contributed by atoms with Crippen molar-refractivity contribution in [3.8, 4) is 0 Å². The summed E-state index contributed by atoms with van der Waals surface area (Å²) in [5.41, 5.74) is -1.75. The highest BCUT2D eigenvalue weighted by Gasteiger charge is 2.36. The molecule has 0 radical (unpaired) electrons.